The second-order valence-electron chi connectivity index (χ2n) is 6.62. The monoisotopic (exact) mass is 290 g/mol. The summed E-state index contributed by atoms with van der Waals surface area (Å²) in [7, 11) is 0. The van der Waals surface area contributed by atoms with Crippen molar-refractivity contribution in [2.45, 2.75) is 46.1 Å². The van der Waals surface area contributed by atoms with Gasteiger partial charge in [-0.2, -0.15) is 5.10 Å². The highest BCUT2D eigenvalue weighted by molar-refractivity contribution is 5.95. The molecular formula is C16H26N4O. The average molecular weight is 290 g/mol. The van der Waals surface area contributed by atoms with Crippen LogP contribution in [-0.4, -0.2) is 46.8 Å². The van der Waals surface area contributed by atoms with Crippen LogP contribution in [0.15, 0.2) is 6.20 Å². The average Bonchev–Trinajstić information content (AvgIpc) is 3.05. The topological polar surface area (TPSA) is 50.2 Å². The Balaban J connectivity index is 1.71. The third kappa shape index (κ3) is 2.71. The van der Waals surface area contributed by atoms with Gasteiger partial charge in [0.2, 0.25) is 0 Å². The summed E-state index contributed by atoms with van der Waals surface area (Å²) in [6.45, 7) is 8.99. The van der Waals surface area contributed by atoms with E-state index in [0.29, 0.717) is 5.41 Å². The van der Waals surface area contributed by atoms with E-state index in [2.05, 4.69) is 17.3 Å². The van der Waals surface area contributed by atoms with Crippen molar-refractivity contribution in [2.24, 2.45) is 5.41 Å². The van der Waals surface area contributed by atoms with Gasteiger partial charge in [-0.05, 0) is 39.2 Å². The number of likely N-dealkylation sites (tertiary alicyclic amines) is 1. The Bertz CT molecular complexity index is 516. The number of carbonyl (C=O) groups excluding carboxylic acids is 1. The Morgan fingerprint density at radius 3 is 3.05 bits per heavy atom. The fraction of sp³-hybridized carbons (Fsp3) is 0.750. The van der Waals surface area contributed by atoms with Crippen LogP contribution in [0.5, 0.6) is 0 Å². The van der Waals surface area contributed by atoms with E-state index in [4.69, 9.17) is 0 Å². The molecule has 0 aliphatic carbocycles. The highest BCUT2D eigenvalue weighted by Crippen LogP contribution is 2.37. The van der Waals surface area contributed by atoms with E-state index in [1.165, 1.54) is 12.8 Å². The van der Waals surface area contributed by atoms with Crippen LogP contribution in [0.25, 0.3) is 0 Å². The van der Waals surface area contributed by atoms with Gasteiger partial charge in [-0.1, -0.05) is 6.92 Å². The van der Waals surface area contributed by atoms with E-state index in [1.54, 1.807) is 6.20 Å². The number of nitrogens with one attached hydrogen (secondary N) is 1. The zero-order valence-electron chi connectivity index (χ0n) is 13.2. The molecule has 3 heterocycles. The molecule has 3 rings (SSSR count). The van der Waals surface area contributed by atoms with E-state index >= 15 is 0 Å². The molecular weight excluding hydrogens is 264 g/mol. The van der Waals surface area contributed by atoms with Crippen LogP contribution in [0.2, 0.25) is 0 Å². The van der Waals surface area contributed by atoms with Crippen LogP contribution in [0.1, 0.15) is 48.7 Å². The Labute approximate surface area is 126 Å². The summed E-state index contributed by atoms with van der Waals surface area (Å²) >= 11 is 0. The fourth-order valence-corrected chi connectivity index (χ4v) is 3.75. The summed E-state index contributed by atoms with van der Waals surface area (Å²) in [5, 5.41) is 7.85. The Morgan fingerprint density at radius 1 is 1.48 bits per heavy atom. The van der Waals surface area contributed by atoms with Crippen molar-refractivity contribution in [1.82, 2.24) is 20.0 Å². The molecule has 116 valence electrons. The predicted octanol–water partition coefficient (Wildman–Crippen LogP) is 1.82. The Hall–Kier alpha value is -1.36. The van der Waals surface area contributed by atoms with Crippen molar-refractivity contribution in [1.29, 1.82) is 0 Å². The van der Waals surface area contributed by atoms with Gasteiger partial charge in [0.1, 0.15) is 0 Å². The highest BCUT2D eigenvalue weighted by Gasteiger charge is 2.41. The van der Waals surface area contributed by atoms with Gasteiger partial charge >= 0.3 is 0 Å². The summed E-state index contributed by atoms with van der Waals surface area (Å²) in [6.07, 6.45) is 6.40. The van der Waals surface area contributed by atoms with Crippen LogP contribution >= 0.6 is 0 Å². The second kappa shape index (κ2) is 5.79. The second-order valence-corrected chi connectivity index (χ2v) is 6.62. The van der Waals surface area contributed by atoms with E-state index in [-0.39, 0.29) is 5.91 Å². The zero-order valence-corrected chi connectivity index (χ0v) is 13.2. The van der Waals surface area contributed by atoms with Crippen molar-refractivity contribution in [3.8, 4) is 0 Å². The molecule has 5 nitrogen and oxygen atoms in total. The molecule has 2 saturated heterocycles. The van der Waals surface area contributed by atoms with Gasteiger partial charge in [0.05, 0.1) is 11.8 Å². The zero-order chi connectivity index (χ0) is 14.9. The van der Waals surface area contributed by atoms with Crippen molar-refractivity contribution >= 4 is 5.91 Å². The van der Waals surface area contributed by atoms with Gasteiger partial charge in [-0.3, -0.25) is 9.48 Å². The minimum Gasteiger partial charge on any atom is -0.338 e. The molecule has 1 N–H and O–H groups in total. The standard InChI is InChI=1S/C16H26N4O/c1-3-8-20-13(2)14(10-18-20)15(21)19-9-6-16(12-19)5-4-7-17-11-16/h10,17H,3-9,11-12H2,1-2H3/t16-/m1/s1. The molecule has 1 aromatic rings. The number of aryl methyl sites for hydroxylation is 1. The maximum atomic E-state index is 12.8. The lowest BCUT2D eigenvalue weighted by atomic mass is 9.80. The number of rotatable bonds is 3. The molecule has 0 saturated carbocycles. The first-order valence-corrected chi connectivity index (χ1v) is 8.18. The smallest absolute Gasteiger partial charge is 0.257 e. The first-order chi connectivity index (χ1) is 10.2. The lowest BCUT2D eigenvalue weighted by Crippen LogP contribution is -2.42. The van der Waals surface area contributed by atoms with Crippen molar-refractivity contribution < 1.29 is 4.79 Å². The fourth-order valence-electron chi connectivity index (χ4n) is 3.75. The number of piperidine rings is 1. The summed E-state index contributed by atoms with van der Waals surface area (Å²) in [5.74, 6) is 0.164. The van der Waals surface area contributed by atoms with Gasteiger partial charge in [0, 0.05) is 37.3 Å². The normalized spacial score (nSPS) is 25.7. The molecule has 2 aliphatic heterocycles. The Morgan fingerprint density at radius 2 is 2.33 bits per heavy atom. The van der Waals surface area contributed by atoms with E-state index < -0.39 is 0 Å². The minimum atomic E-state index is 0.164. The molecule has 1 spiro atoms. The minimum absolute atomic E-state index is 0.164. The van der Waals surface area contributed by atoms with Crippen LogP contribution in [0.4, 0.5) is 0 Å². The molecule has 0 bridgehead atoms. The van der Waals surface area contributed by atoms with Crippen LogP contribution in [0.3, 0.4) is 0 Å². The molecule has 0 unspecified atom stereocenters. The quantitative estimate of drug-likeness (QED) is 0.924. The Kier molecular flexibility index (Phi) is 4.02. The van der Waals surface area contributed by atoms with Crippen LogP contribution in [0, 0.1) is 12.3 Å². The maximum Gasteiger partial charge on any atom is 0.257 e. The largest absolute Gasteiger partial charge is 0.338 e. The number of carbonyl (C=O) groups is 1. The van der Waals surface area contributed by atoms with Crippen molar-refractivity contribution in [3.63, 3.8) is 0 Å². The molecule has 0 aromatic carbocycles. The number of hydrogen-bond acceptors (Lipinski definition) is 3. The van der Waals surface area contributed by atoms with Gasteiger partial charge in [-0.15, -0.1) is 0 Å². The maximum absolute atomic E-state index is 12.8. The number of amides is 1. The van der Waals surface area contributed by atoms with E-state index in [9.17, 15) is 4.79 Å². The van der Waals surface area contributed by atoms with E-state index in [1.807, 2.05) is 16.5 Å². The highest BCUT2D eigenvalue weighted by atomic mass is 16.2. The molecule has 0 radical (unpaired) electrons. The molecule has 1 aromatic heterocycles. The molecule has 1 atom stereocenters. The van der Waals surface area contributed by atoms with Crippen molar-refractivity contribution in [3.05, 3.63) is 17.5 Å². The van der Waals surface area contributed by atoms with Crippen molar-refractivity contribution in [2.75, 3.05) is 26.2 Å². The summed E-state index contributed by atoms with van der Waals surface area (Å²) in [5.41, 5.74) is 2.11. The third-order valence-corrected chi connectivity index (χ3v) is 5.06. The van der Waals surface area contributed by atoms with Crippen LogP contribution in [-0.2, 0) is 6.54 Å². The summed E-state index contributed by atoms with van der Waals surface area (Å²) < 4.78 is 1.95. The molecule has 2 fully saturated rings. The number of hydrogen-bond donors (Lipinski definition) is 1. The molecule has 1 amide bonds. The molecule has 21 heavy (non-hydrogen) atoms. The number of aromatic nitrogens is 2. The van der Waals surface area contributed by atoms with E-state index in [0.717, 1.165) is 56.8 Å². The van der Waals surface area contributed by atoms with Crippen LogP contribution < -0.4 is 5.32 Å². The first-order valence-electron chi connectivity index (χ1n) is 8.18. The van der Waals surface area contributed by atoms with Gasteiger partial charge in [0.25, 0.3) is 5.91 Å². The summed E-state index contributed by atoms with van der Waals surface area (Å²) in [4.78, 5) is 14.8. The summed E-state index contributed by atoms with van der Waals surface area (Å²) in [6, 6.07) is 0. The molecule has 2 aliphatic rings. The third-order valence-electron chi connectivity index (χ3n) is 5.06. The lowest BCUT2D eigenvalue weighted by molar-refractivity contribution is 0.0763. The lowest BCUT2D eigenvalue weighted by Gasteiger charge is -2.33. The van der Waals surface area contributed by atoms with Gasteiger partial charge in [0.15, 0.2) is 0 Å². The van der Waals surface area contributed by atoms with Gasteiger partial charge in [-0.25, -0.2) is 0 Å². The predicted molar refractivity (Wildman–Crippen MR) is 82.3 cm³/mol. The number of nitrogens with zero attached hydrogens (tertiary/aromatic N) is 3. The molecule has 5 heteroatoms. The first kappa shape index (κ1) is 14.6. The SMILES string of the molecule is CCCn1ncc(C(=O)N2CC[C@@]3(CCCNC3)C2)c1C. The van der Waals surface area contributed by atoms with Gasteiger partial charge < -0.3 is 10.2 Å².